The van der Waals surface area contributed by atoms with Gasteiger partial charge in [-0.3, -0.25) is 4.79 Å². The number of benzene rings is 2. The quantitative estimate of drug-likeness (QED) is 0.550. The van der Waals surface area contributed by atoms with E-state index >= 15 is 0 Å². The summed E-state index contributed by atoms with van der Waals surface area (Å²) in [5.74, 6) is 1.37. The molecule has 0 spiro atoms. The van der Waals surface area contributed by atoms with Gasteiger partial charge in [0.05, 0.1) is 17.8 Å². The van der Waals surface area contributed by atoms with Gasteiger partial charge in [0.1, 0.15) is 17.2 Å². The second kappa shape index (κ2) is 8.56. The van der Waals surface area contributed by atoms with Crippen molar-refractivity contribution in [3.05, 3.63) is 59.2 Å². The molecule has 2 rings (SSSR count). The van der Waals surface area contributed by atoms with Crippen molar-refractivity contribution < 1.29 is 19.4 Å². The zero-order valence-corrected chi connectivity index (χ0v) is 15.9. The van der Waals surface area contributed by atoms with Gasteiger partial charge in [-0.2, -0.15) is 0 Å². The molecule has 0 radical (unpaired) electrons. The molecule has 4 nitrogen and oxygen atoms in total. The van der Waals surface area contributed by atoms with E-state index in [0.29, 0.717) is 17.1 Å². The largest absolute Gasteiger partial charge is 0.508 e. The number of allylic oxidation sites excluding steroid dienone is 1. The summed E-state index contributed by atoms with van der Waals surface area (Å²) in [5, 5.41) is 9.36. The van der Waals surface area contributed by atoms with Crippen LogP contribution < -0.4 is 9.47 Å². The van der Waals surface area contributed by atoms with Crippen LogP contribution in [0.3, 0.4) is 0 Å². The molecule has 0 saturated heterocycles. The zero-order chi connectivity index (χ0) is 19.3. The summed E-state index contributed by atoms with van der Waals surface area (Å²) >= 11 is 0. The van der Waals surface area contributed by atoms with Gasteiger partial charge >= 0.3 is 0 Å². The van der Waals surface area contributed by atoms with Gasteiger partial charge in [-0.05, 0) is 82.7 Å². The number of rotatable bonds is 7. The lowest BCUT2D eigenvalue weighted by Crippen LogP contribution is -2.11. The van der Waals surface area contributed by atoms with E-state index in [9.17, 15) is 9.90 Å². The Morgan fingerprint density at radius 3 is 2.15 bits per heavy atom. The van der Waals surface area contributed by atoms with Crippen molar-refractivity contribution in [2.45, 2.75) is 46.8 Å². The molecule has 0 aliphatic heterocycles. The maximum absolute atomic E-state index is 12.4. The Balaban J connectivity index is 2.42. The van der Waals surface area contributed by atoms with Crippen LogP contribution in [0.4, 0.5) is 0 Å². The van der Waals surface area contributed by atoms with Crippen molar-refractivity contribution in [2.24, 2.45) is 0 Å². The van der Waals surface area contributed by atoms with Crippen LogP contribution in [0, 0.1) is 6.92 Å². The molecule has 2 aromatic rings. The van der Waals surface area contributed by atoms with Crippen LogP contribution in [-0.2, 0) is 0 Å². The van der Waals surface area contributed by atoms with Crippen molar-refractivity contribution >= 4 is 11.9 Å². The van der Waals surface area contributed by atoms with Crippen molar-refractivity contribution in [1.82, 2.24) is 0 Å². The number of ether oxygens (including phenoxy) is 2. The van der Waals surface area contributed by atoms with Gasteiger partial charge in [0.25, 0.3) is 0 Å². The fourth-order valence-electron chi connectivity index (χ4n) is 2.48. The highest BCUT2D eigenvalue weighted by atomic mass is 16.5. The molecule has 0 aliphatic rings. The fourth-order valence-corrected chi connectivity index (χ4v) is 2.48. The highest BCUT2D eigenvalue weighted by Crippen LogP contribution is 2.35. The molecule has 0 amide bonds. The van der Waals surface area contributed by atoms with Crippen LogP contribution in [0.15, 0.2) is 42.5 Å². The number of carbonyl (C=O) groups excluding carboxylic acids is 1. The monoisotopic (exact) mass is 354 g/mol. The summed E-state index contributed by atoms with van der Waals surface area (Å²) in [5.41, 5.74) is 2.23. The number of phenolic OH excluding ortho intramolecular Hbond substituents is 1. The number of ketones is 1. The third-order valence-corrected chi connectivity index (χ3v) is 3.62. The molecule has 4 heteroatoms. The van der Waals surface area contributed by atoms with E-state index in [1.165, 1.54) is 18.2 Å². The van der Waals surface area contributed by atoms with E-state index in [1.54, 1.807) is 18.2 Å². The van der Waals surface area contributed by atoms with Gasteiger partial charge in [0.2, 0.25) is 0 Å². The van der Waals surface area contributed by atoms with Crippen LogP contribution in [0.25, 0.3) is 6.08 Å². The molecule has 0 heterocycles. The smallest absolute Gasteiger partial charge is 0.185 e. The van der Waals surface area contributed by atoms with Crippen molar-refractivity contribution in [3.63, 3.8) is 0 Å². The van der Waals surface area contributed by atoms with Gasteiger partial charge in [0, 0.05) is 5.56 Å². The number of hydrogen-bond acceptors (Lipinski definition) is 4. The number of phenols is 1. The van der Waals surface area contributed by atoms with Gasteiger partial charge in [-0.25, -0.2) is 0 Å². The first-order valence-corrected chi connectivity index (χ1v) is 8.76. The first-order valence-electron chi connectivity index (χ1n) is 8.76. The van der Waals surface area contributed by atoms with E-state index in [1.807, 2.05) is 46.8 Å². The Kier molecular flexibility index (Phi) is 6.45. The molecular formula is C22H26O4. The minimum absolute atomic E-state index is 0.00273. The van der Waals surface area contributed by atoms with Gasteiger partial charge in [-0.1, -0.05) is 6.07 Å². The molecule has 1 N–H and O–H groups in total. The van der Waals surface area contributed by atoms with E-state index < -0.39 is 0 Å². The fraction of sp³-hybridized carbons (Fsp3) is 0.318. The number of hydrogen-bond donors (Lipinski definition) is 1. The molecule has 0 aromatic heterocycles. The van der Waals surface area contributed by atoms with Crippen molar-refractivity contribution in [2.75, 3.05) is 0 Å². The molecule has 0 fully saturated rings. The Hall–Kier alpha value is -2.75. The molecule has 0 unspecified atom stereocenters. The summed E-state index contributed by atoms with van der Waals surface area (Å²) in [4.78, 5) is 12.4. The SMILES string of the molecule is Cc1ccc(OC(C)C)c(C=CC(=O)c2ccc(O)cc2)c1OC(C)C. The first kappa shape index (κ1) is 19.6. The molecule has 0 atom stereocenters. The summed E-state index contributed by atoms with van der Waals surface area (Å²) < 4.78 is 11.9. The lowest BCUT2D eigenvalue weighted by molar-refractivity contribution is 0.104. The average molecular weight is 354 g/mol. The zero-order valence-electron chi connectivity index (χ0n) is 15.9. The molecule has 0 saturated carbocycles. The number of carbonyl (C=O) groups is 1. The van der Waals surface area contributed by atoms with E-state index in [-0.39, 0.29) is 23.7 Å². The lowest BCUT2D eigenvalue weighted by Gasteiger charge is -2.19. The normalized spacial score (nSPS) is 11.3. The Morgan fingerprint density at radius 2 is 1.58 bits per heavy atom. The molecule has 0 aliphatic carbocycles. The van der Waals surface area contributed by atoms with Crippen LogP contribution >= 0.6 is 0 Å². The van der Waals surface area contributed by atoms with Crippen LogP contribution in [0.2, 0.25) is 0 Å². The predicted octanol–water partition coefficient (Wildman–Crippen LogP) is 5.17. The number of aromatic hydroxyl groups is 1. The van der Waals surface area contributed by atoms with Crippen LogP contribution in [-0.4, -0.2) is 23.1 Å². The highest BCUT2D eigenvalue weighted by Gasteiger charge is 2.15. The number of aryl methyl sites for hydroxylation is 1. The summed E-state index contributed by atoms with van der Waals surface area (Å²) in [6.45, 7) is 9.81. The van der Waals surface area contributed by atoms with E-state index in [4.69, 9.17) is 9.47 Å². The second-order valence-electron chi connectivity index (χ2n) is 6.70. The molecule has 0 bridgehead atoms. The van der Waals surface area contributed by atoms with E-state index in [2.05, 4.69) is 0 Å². The summed E-state index contributed by atoms with van der Waals surface area (Å²) in [7, 11) is 0. The molecule has 26 heavy (non-hydrogen) atoms. The van der Waals surface area contributed by atoms with Crippen LogP contribution in [0.5, 0.6) is 17.2 Å². The maximum Gasteiger partial charge on any atom is 0.185 e. The standard InChI is InChI=1S/C22H26O4/c1-14(2)25-21-13-6-16(5)22(26-15(3)4)19(21)11-12-20(24)17-7-9-18(23)10-8-17/h6-15,23H,1-5H3. The topological polar surface area (TPSA) is 55.8 Å². The van der Waals surface area contributed by atoms with Crippen LogP contribution in [0.1, 0.15) is 49.2 Å². The second-order valence-corrected chi connectivity index (χ2v) is 6.70. The van der Waals surface area contributed by atoms with Gasteiger partial charge in [-0.15, -0.1) is 0 Å². The minimum atomic E-state index is -0.155. The highest BCUT2D eigenvalue weighted by molar-refractivity contribution is 6.07. The van der Waals surface area contributed by atoms with Gasteiger partial charge < -0.3 is 14.6 Å². The third-order valence-electron chi connectivity index (χ3n) is 3.62. The summed E-state index contributed by atoms with van der Waals surface area (Å²) in [6, 6.07) is 10.0. The first-order chi connectivity index (χ1) is 12.3. The Labute approximate surface area is 155 Å². The van der Waals surface area contributed by atoms with Gasteiger partial charge in [0.15, 0.2) is 5.78 Å². The Bertz CT molecular complexity index is 787. The molecule has 138 valence electrons. The minimum Gasteiger partial charge on any atom is -0.508 e. The maximum atomic E-state index is 12.4. The Morgan fingerprint density at radius 1 is 0.962 bits per heavy atom. The molecule has 2 aromatic carbocycles. The van der Waals surface area contributed by atoms with Crippen molar-refractivity contribution in [1.29, 1.82) is 0 Å². The average Bonchev–Trinajstić information content (AvgIpc) is 2.56. The predicted molar refractivity (Wildman–Crippen MR) is 104 cm³/mol. The lowest BCUT2D eigenvalue weighted by atomic mass is 10.0. The molecular weight excluding hydrogens is 328 g/mol. The van der Waals surface area contributed by atoms with E-state index in [0.717, 1.165) is 11.1 Å². The third kappa shape index (κ3) is 5.12. The summed E-state index contributed by atoms with van der Waals surface area (Å²) in [6.07, 6.45) is 3.24. The van der Waals surface area contributed by atoms with Crippen molar-refractivity contribution in [3.8, 4) is 17.2 Å².